The van der Waals surface area contributed by atoms with Crippen molar-refractivity contribution in [1.29, 1.82) is 0 Å². The second-order valence-corrected chi connectivity index (χ2v) is 6.18. The topological polar surface area (TPSA) is 67.9 Å². The summed E-state index contributed by atoms with van der Waals surface area (Å²) in [6.45, 7) is 3.68. The number of methoxy groups -OCH3 is 1. The Labute approximate surface area is 152 Å². The Hall–Kier alpha value is -2.86. The first-order valence-electron chi connectivity index (χ1n) is 8.52. The van der Waals surface area contributed by atoms with Crippen molar-refractivity contribution < 1.29 is 19.1 Å². The van der Waals surface area contributed by atoms with E-state index in [1.807, 2.05) is 11.8 Å². The summed E-state index contributed by atoms with van der Waals surface area (Å²) in [5, 5.41) is 2.83. The van der Waals surface area contributed by atoms with Gasteiger partial charge in [-0.25, -0.2) is 0 Å². The van der Waals surface area contributed by atoms with Gasteiger partial charge in [0.05, 0.1) is 26.4 Å². The highest BCUT2D eigenvalue weighted by Crippen LogP contribution is 2.17. The molecule has 6 nitrogen and oxygen atoms in total. The van der Waals surface area contributed by atoms with Gasteiger partial charge >= 0.3 is 0 Å². The number of morpholine rings is 1. The first-order chi connectivity index (χ1) is 12.6. The van der Waals surface area contributed by atoms with E-state index in [2.05, 4.69) is 5.32 Å². The average molecular weight is 354 g/mol. The second kappa shape index (κ2) is 8.01. The van der Waals surface area contributed by atoms with Crippen molar-refractivity contribution >= 4 is 17.5 Å². The Morgan fingerprint density at radius 3 is 2.35 bits per heavy atom. The number of carbonyl (C=O) groups excluding carboxylic acids is 2. The number of ether oxygens (including phenoxy) is 2. The van der Waals surface area contributed by atoms with Crippen LogP contribution >= 0.6 is 0 Å². The van der Waals surface area contributed by atoms with Crippen LogP contribution in [0, 0.1) is 0 Å². The quantitative estimate of drug-likeness (QED) is 0.917. The van der Waals surface area contributed by atoms with Crippen molar-refractivity contribution in [2.75, 3.05) is 32.2 Å². The molecule has 3 rings (SSSR count). The summed E-state index contributed by atoms with van der Waals surface area (Å²) >= 11 is 0. The minimum absolute atomic E-state index is 0.0196. The molecule has 2 amide bonds. The molecule has 1 N–H and O–H groups in total. The Morgan fingerprint density at radius 1 is 1.08 bits per heavy atom. The number of hydrogen-bond donors (Lipinski definition) is 1. The zero-order chi connectivity index (χ0) is 18.5. The minimum Gasteiger partial charge on any atom is -0.497 e. The van der Waals surface area contributed by atoms with E-state index in [0.717, 1.165) is 0 Å². The molecular weight excluding hydrogens is 332 g/mol. The Morgan fingerprint density at radius 2 is 1.73 bits per heavy atom. The van der Waals surface area contributed by atoms with Crippen molar-refractivity contribution in [2.24, 2.45) is 0 Å². The maximum Gasteiger partial charge on any atom is 0.255 e. The number of benzene rings is 2. The van der Waals surface area contributed by atoms with E-state index in [9.17, 15) is 9.59 Å². The van der Waals surface area contributed by atoms with Crippen molar-refractivity contribution in [3.8, 4) is 5.75 Å². The molecule has 0 aliphatic carbocycles. The number of nitrogens with one attached hydrogen (secondary N) is 1. The molecule has 6 heteroatoms. The van der Waals surface area contributed by atoms with Crippen LogP contribution in [0.15, 0.2) is 48.5 Å². The number of hydrogen-bond acceptors (Lipinski definition) is 4. The largest absolute Gasteiger partial charge is 0.497 e. The smallest absolute Gasteiger partial charge is 0.255 e. The Bertz CT molecular complexity index is 771. The van der Waals surface area contributed by atoms with Gasteiger partial charge in [0.15, 0.2) is 0 Å². The molecular formula is C20H22N2O4. The summed E-state index contributed by atoms with van der Waals surface area (Å²) in [5.74, 6) is 0.462. The number of rotatable bonds is 4. The average Bonchev–Trinajstić information content (AvgIpc) is 2.68. The Kier molecular flexibility index (Phi) is 5.53. The summed E-state index contributed by atoms with van der Waals surface area (Å²) < 4.78 is 10.5. The normalized spacial score (nSPS) is 16.8. The van der Waals surface area contributed by atoms with E-state index in [1.54, 1.807) is 55.6 Å². The fraction of sp³-hybridized carbons (Fsp3) is 0.300. The van der Waals surface area contributed by atoms with Crippen LogP contribution in [-0.4, -0.2) is 49.6 Å². The predicted octanol–water partition coefficient (Wildman–Crippen LogP) is 2.81. The van der Waals surface area contributed by atoms with Crippen LogP contribution < -0.4 is 10.1 Å². The van der Waals surface area contributed by atoms with Gasteiger partial charge in [0, 0.05) is 23.4 Å². The van der Waals surface area contributed by atoms with Crippen LogP contribution in [0.3, 0.4) is 0 Å². The molecule has 1 heterocycles. The van der Waals surface area contributed by atoms with Crippen molar-refractivity contribution in [3.05, 3.63) is 59.7 Å². The highest BCUT2D eigenvalue weighted by atomic mass is 16.5. The van der Waals surface area contributed by atoms with Crippen LogP contribution in [0.1, 0.15) is 27.6 Å². The molecule has 2 aromatic carbocycles. The summed E-state index contributed by atoms with van der Waals surface area (Å²) in [4.78, 5) is 26.7. The zero-order valence-electron chi connectivity index (χ0n) is 14.9. The van der Waals surface area contributed by atoms with Crippen LogP contribution in [0.4, 0.5) is 5.69 Å². The van der Waals surface area contributed by atoms with E-state index in [0.29, 0.717) is 42.3 Å². The van der Waals surface area contributed by atoms with Gasteiger partial charge in [-0.1, -0.05) is 0 Å². The lowest BCUT2D eigenvalue weighted by molar-refractivity contribution is 0.00359. The highest BCUT2D eigenvalue weighted by molar-refractivity contribution is 6.04. The predicted molar refractivity (Wildman–Crippen MR) is 98.7 cm³/mol. The van der Waals surface area contributed by atoms with E-state index in [-0.39, 0.29) is 17.9 Å². The van der Waals surface area contributed by atoms with Gasteiger partial charge in [0.25, 0.3) is 11.8 Å². The molecule has 1 aliphatic heterocycles. The van der Waals surface area contributed by atoms with E-state index < -0.39 is 0 Å². The monoisotopic (exact) mass is 354 g/mol. The molecule has 0 radical (unpaired) electrons. The third kappa shape index (κ3) is 4.03. The lowest BCUT2D eigenvalue weighted by Gasteiger charge is -2.33. The fourth-order valence-electron chi connectivity index (χ4n) is 2.84. The molecule has 1 aliphatic rings. The third-order valence-corrected chi connectivity index (χ3v) is 4.37. The minimum atomic E-state index is -0.214. The summed E-state index contributed by atoms with van der Waals surface area (Å²) in [5.41, 5.74) is 1.77. The van der Waals surface area contributed by atoms with Crippen LogP contribution in [0.5, 0.6) is 5.75 Å². The molecule has 2 aromatic rings. The molecule has 0 aromatic heterocycles. The molecule has 136 valence electrons. The number of carbonyl (C=O) groups is 2. The van der Waals surface area contributed by atoms with E-state index in [4.69, 9.17) is 9.47 Å². The molecule has 1 fully saturated rings. The van der Waals surface area contributed by atoms with Crippen molar-refractivity contribution in [3.63, 3.8) is 0 Å². The molecule has 1 unspecified atom stereocenters. The van der Waals surface area contributed by atoms with Crippen LogP contribution in [0.2, 0.25) is 0 Å². The van der Waals surface area contributed by atoms with Gasteiger partial charge in [-0.05, 0) is 55.5 Å². The lowest BCUT2D eigenvalue weighted by atomic mass is 10.1. The molecule has 0 spiro atoms. The number of amides is 2. The first-order valence-corrected chi connectivity index (χ1v) is 8.52. The van der Waals surface area contributed by atoms with Crippen LogP contribution in [-0.2, 0) is 4.74 Å². The summed E-state index contributed by atoms with van der Waals surface area (Å²) in [6.07, 6.45) is 0. The summed E-state index contributed by atoms with van der Waals surface area (Å²) in [6, 6.07) is 13.9. The third-order valence-electron chi connectivity index (χ3n) is 4.37. The fourth-order valence-corrected chi connectivity index (χ4v) is 2.84. The Balaban J connectivity index is 1.65. The standard InChI is InChI=1S/C20H22N2O4/c1-14-13-26-12-11-22(14)20(24)16-3-7-17(8-4-16)21-19(23)15-5-9-18(25-2)10-6-15/h3-10,14H,11-13H2,1-2H3,(H,21,23). The van der Waals surface area contributed by atoms with Gasteiger partial charge in [-0.2, -0.15) is 0 Å². The van der Waals surface area contributed by atoms with Gasteiger partial charge in [-0.3, -0.25) is 9.59 Å². The molecule has 0 bridgehead atoms. The lowest BCUT2D eigenvalue weighted by Crippen LogP contribution is -2.47. The molecule has 1 saturated heterocycles. The van der Waals surface area contributed by atoms with Gasteiger partial charge in [-0.15, -0.1) is 0 Å². The number of anilines is 1. The van der Waals surface area contributed by atoms with Crippen LogP contribution in [0.25, 0.3) is 0 Å². The zero-order valence-corrected chi connectivity index (χ0v) is 14.9. The second-order valence-electron chi connectivity index (χ2n) is 6.18. The highest BCUT2D eigenvalue weighted by Gasteiger charge is 2.24. The maximum atomic E-state index is 12.6. The summed E-state index contributed by atoms with van der Waals surface area (Å²) in [7, 11) is 1.58. The number of nitrogens with zero attached hydrogens (tertiary/aromatic N) is 1. The van der Waals surface area contributed by atoms with Crippen molar-refractivity contribution in [1.82, 2.24) is 4.90 Å². The van der Waals surface area contributed by atoms with Gasteiger partial charge in [0.1, 0.15) is 5.75 Å². The molecule has 1 atom stereocenters. The van der Waals surface area contributed by atoms with Crippen molar-refractivity contribution in [2.45, 2.75) is 13.0 Å². The van der Waals surface area contributed by atoms with E-state index in [1.165, 1.54) is 0 Å². The molecule has 26 heavy (non-hydrogen) atoms. The van der Waals surface area contributed by atoms with E-state index >= 15 is 0 Å². The van der Waals surface area contributed by atoms with Gasteiger partial charge < -0.3 is 19.7 Å². The SMILES string of the molecule is COc1ccc(C(=O)Nc2ccc(C(=O)N3CCOCC3C)cc2)cc1. The maximum absolute atomic E-state index is 12.6. The van der Waals surface area contributed by atoms with Gasteiger partial charge in [0.2, 0.25) is 0 Å². The first kappa shape index (κ1) is 17.9. The molecule has 0 saturated carbocycles.